The molecule has 0 aliphatic heterocycles. The van der Waals surface area contributed by atoms with Crippen LogP contribution < -0.4 is 10.6 Å². The lowest BCUT2D eigenvalue weighted by molar-refractivity contribution is -0.136. The molecule has 0 unspecified atom stereocenters. The van der Waals surface area contributed by atoms with Gasteiger partial charge in [-0.25, -0.2) is 0 Å². The van der Waals surface area contributed by atoms with Gasteiger partial charge in [0.25, 0.3) is 0 Å². The fourth-order valence-corrected chi connectivity index (χ4v) is 1.53. The number of aryl methyl sites for hydroxylation is 1. The first-order valence-electron chi connectivity index (χ1n) is 6.51. The molecule has 0 aliphatic carbocycles. The summed E-state index contributed by atoms with van der Waals surface area (Å²) in [6, 6.07) is 4.76. The van der Waals surface area contributed by atoms with E-state index in [0.717, 1.165) is 5.56 Å². The SMILES string of the molecule is CCOCCCNC(=O)C(=O)Nc1cc(C)ccc1O. The minimum atomic E-state index is -0.803. The molecule has 1 aromatic carbocycles. The number of aromatic hydroxyl groups is 1. The molecule has 0 bridgehead atoms. The predicted molar refractivity (Wildman–Crippen MR) is 75.6 cm³/mol. The Labute approximate surface area is 118 Å². The van der Waals surface area contributed by atoms with E-state index in [2.05, 4.69) is 10.6 Å². The number of rotatable bonds is 6. The number of benzene rings is 1. The summed E-state index contributed by atoms with van der Waals surface area (Å²) in [5.74, 6) is -1.61. The molecule has 6 heteroatoms. The van der Waals surface area contributed by atoms with Crippen molar-refractivity contribution in [3.8, 4) is 5.75 Å². The van der Waals surface area contributed by atoms with E-state index in [0.29, 0.717) is 26.2 Å². The van der Waals surface area contributed by atoms with E-state index < -0.39 is 11.8 Å². The first-order valence-corrected chi connectivity index (χ1v) is 6.51. The highest BCUT2D eigenvalue weighted by Gasteiger charge is 2.14. The van der Waals surface area contributed by atoms with Gasteiger partial charge in [-0.2, -0.15) is 0 Å². The summed E-state index contributed by atoms with van der Waals surface area (Å²) in [7, 11) is 0. The monoisotopic (exact) mass is 280 g/mol. The number of hydrogen-bond acceptors (Lipinski definition) is 4. The molecule has 6 nitrogen and oxygen atoms in total. The lowest BCUT2D eigenvalue weighted by Gasteiger charge is -2.08. The Morgan fingerprint density at radius 1 is 1.30 bits per heavy atom. The summed E-state index contributed by atoms with van der Waals surface area (Å²) in [4.78, 5) is 23.2. The zero-order valence-electron chi connectivity index (χ0n) is 11.7. The molecule has 0 saturated heterocycles. The number of amides is 2. The van der Waals surface area contributed by atoms with Gasteiger partial charge in [0.05, 0.1) is 5.69 Å². The van der Waals surface area contributed by atoms with Crippen molar-refractivity contribution in [2.75, 3.05) is 25.1 Å². The Balaban J connectivity index is 2.41. The van der Waals surface area contributed by atoms with Gasteiger partial charge in [0, 0.05) is 19.8 Å². The van der Waals surface area contributed by atoms with E-state index in [4.69, 9.17) is 4.74 Å². The lowest BCUT2D eigenvalue weighted by Crippen LogP contribution is -2.36. The highest BCUT2D eigenvalue weighted by atomic mass is 16.5. The van der Waals surface area contributed by atoms with Crippen molar-refractivity contribution in [3.05, 3.63) is 23.8 Å². The summed E-state index contributed by atoms with van der Waals surface area (Å²) in [6.07, 6.45) is 0.641. The average Bonchev–Trinajstić information content (AvgIpc) is 2.42. The van der Waals surface area contributed by atoms with Crippen LogP contribution in [0.1, 0.15) is 18.9 Å². The zero-order chi connectivity index (χ0) is 15.0. The Kier molecular flexibility index (Phi) is 6.52. The minimum Gasteiger partial charge on any atom is -0.506 e. The van der Waals surface area contributed by atoms with Crippen molar-refractivity contribution in [1.29, 1.82) is 0 Å². The zero-order valence-corrected chi connectivity index (χ0v) is 11.7. The van der Waals surface area contributed by atoms with Crippen LogP contribution in [-0.2, 0) is 14.3 Å². The van der Waals surface area contributed by atoms with Crippen LogP contribution in [0.15, 0.2) is 18.2 Å². The Hall–Kier alpha value is -2.08. The molecule has 0 aliphatic rings. The van der Waals surface area contributed by atoms with Gasteiger partial charge in [0.1, 0.15) is 5.75 Å². The van der Waals surface area contributed by atoms with Crippen LogP contribution in [-0.4, -0.2) is 36.7 Å². The molecule has 20 heavy (non-hydrogen) atoms. The van der Waals surface area contributed by atoms with Gasteiger partial charge in [-0.1, -0.05) is 6.07 Å². The van der Waals surface area contributed by atoms with Crippen LogP contribution in [0, 0.1) is 6.92 Å². The van der Waals surface area contributed by atoms with Gasteiger partial charge in [0.15, 0.2) is 0 Å². The fourth-order valence-electron chi connectivity index (χ4n) is 1.53. The molecule has 0 radical (unpaired) electrons. The number of carbonyl (C=O) groups excluding carboxylic acids is 2. The molecular weight excluding hydrogens is 260 g/mol. The summed E-state index contributed by atoms with van der Waals surface area (Å²) in [5, 5.41) is 14.4. The molecule has 0 saturated carbocycles. The molecule has 0 atom stereocenters. The van der Waals surface area contributed by atoms with Gasteiger partial charge in [0.2, 0.25) is 0 Å². The summed E-state index contributed by atoms with van der Waals surface area (Å²) in [5.41, 5.74) is 1.09. The quantitative estimate of drug-likeness (QED) is 0.415. The van der Waals surface area contributed by atoms with Gasteiger partial charge < -0.3 is 20.5 Å². The molecule has 1 rings (SSSR count). The van der Waals surface area contributed by atoms with Gasteiger partial charge >= 0.3 is 11.8 Å². The number of hydrogen-bond donors (Lipinski definition) is 3. The Morgan fingerprint density at radius 3 is 2.75 bits per heavy atom. The van der Waals surface area contributed by atoms with E-state index >= 15 is 0 Å². The number of carbonyl (C=O) groups is 2. The van der Waals surface area contributed by atoms with Crippen LogP contribution in [0.5, 0.6) is 5.75 Å². The van der Waals surface area contributed by atoms with Gasteiger partial charge in [-0.3, -0.25) is 9.59 Å². The summed E-state index contributed by atoms with van der Waals surface area (Å²) < 4.78 is 5.12. The average molecular weight is 280 g/mol. The van der Waals surface area contributed by atoms with Crippen LogP contribution in [0.2, 0.25) is 0 Å². The second kappa shape index (κ2) is 8.16. The number of ether oxygens (including phenoxy) is 1. The van der Waals surface area contributed by atoms with E-state index in [1.54, 1.807) is 12.1 Å². The molecule has 0 aromatic heterocycles. The Bertz CT molecular complexity index is 474. The normalized spacial score (nSPS) is 10.1. The minimum absolute atomic E-state index is 0.0758. The summed E-state index contributed by atoms with van der Waals surface area (Å²) in [6.45, 7) is 5.24. The van der Waals surface area contributed by atoms with Crippen LogP contribution >= 0.6 is 0 Å². The van der Waals surface area contributed by atoms with Crippen molar-refractivity contribution >= 4 is 17.5 Å². The third kappa shape index (κ3) is 5.27. The van der Waals surface area contributed by atoms with Crippen LogP contribution in [0.4, 0.5) is 5.69 Å². The van der Waals surface area contributed by atoms with Gasteiger partial charge in [-0.15, -0.1) is 0 Å². The largest absolute Gasteiger partial charge is 0.506 e. The molecule has 110 valence electrons. The predicted octanol–water partition coefficient (Wildman–Crippen LogP) is 1.18. The van der Waals surface area contributed by atoms with Crippen molar-refractivity contribution in [3.63, 3.8) is 0 Å². The number of phenols is 1. The van der Waals surface area contributed by atoms with E-state index in [9.17, 15) is 14.7 Å². The highest BCUT2D eigenvalue weighted by Crippen LogP contribution is 2.23. The van der Waals surface area contributed by atoms with Gasteiger partial charge in [-0.05, 0) is 38.0 Å². The molecular formula is C14H20N2O4. The maximum atomic E-state index is 11.6. The summed E-state index contributed by atoms with van der Waals surface area (Å²) >= 11 is 0. The van der Waals surface area contributed by atoms with Crippen LogP contribution in [0.3, 0.4) is 0 Å². The molecule has 3 N–H and O–H groups in total. The maximum Gasteiger partial charge on any atom is 0.313 e. The Morgan fingerprint density at radius 2 is 2.05 bits per heavy atom. The van der Waals surface area contributed by atoms with Crippen molar-refractivity contribution in [2.45, 2.75) is 20.3 Å². The van der Waals surface area contributed by atoms with E-state index in [1.807, 2.05) is 13.8 Å². The molecule has 0 heterocycles. The lowest BCUT2D eigenvalue weighted by atomic mass is 10.2. The first kappa shape index (κ1) is 16.0. The smallest absolute Gasteiger partial charge is 0.313 e. The molecule has 0 fully saturated rings. The standard InChI is InChI=1S/C14H20N2O4/c1-3-20-8-4-7-15-13(18)14(19)16-11-9-10(2)5-6-12(11)17/h5-6,9,17H,3-4,7-8H2,1-2H3,(H,15,18)(H,16,19). The van der Waals surface area contributed by atoms with Crippen molar-refractivity contribution < 1.29 is 19.4 Å². The second-order valence-electron chi connectivity index (χ2n) is 4.28. The van der Waals surface area contributed by atoms with Crippen LogP contribution in [0.25, 0.3) is 0 Å². The molecule has 0 spiro atoms. The van der Waals surface area contributed by atoms with Crippen molar-refractivity contribution in [1.82, 2.24) is 5.32 Å². The maximum absolute atomic E-state index is 11.6. The number of nitrogens with one attached hydrogen (secondary N) is 2. The first-order chi connectivity index (χ1) is 9.54. The second-order valence-corrected chi connectivity index (χ2v) is 4.28. The topological polar surface area (TPSA) is 87.7 Å². The fraction of sp³-hybridized carbons (Fsp3) is 0.429. The van der Waals surface area contributed by atoms with Crippen molar-refractivity contribution in [2.24, 2.45) is 0 Å². The number of anilines is 1. The van der Waals surface area contributed by atoms with E-state index in [-0.39, 0.29) is 11.4 Å². The number of phenolic OH excluding ortho intramolecular Hbond substituents is 1. The van der Waals surface area contributed by atoms with E-state index in [1.165, 1.54) is 6.07 Å². The molecule has 1 aromatic rings. The highest BCUT2D eigenvalue weighted by molar-refractivity contribution is 6.39. The third-order valence-corrected chi connectivity index (χ3v) is 2.56. The molecule has 2 amide bonds. The third-order valence-electron chi connectivity index (χ3n) is 2.56.